The lowest BCUT2D eigenvalue weighted by Gasteiger charge is -2.35. The molecule has 125 heavy (non-hydrogen) atoms. The molecule has 4 fully saturated rings. The first-order valence-corrected chi connectivity index (χ1v) is 42.9. The number of aliphatic hydroxyl groups excluding tert-OH is 1. The van der Waals surface area contributed by atoms with Crippen LogP contribution in [0.5, 0.6) is 5.75 Å². The number of methoxy groups -OCH3 is 1. The Hall–Kier alpha value is -11.0. The van der Waals surface area contributed by atoms with Gasteiger partial charge >= 0.3 is 17.9 Å². The summed E-state index contributed by atoms with van der Waals surface area (Å²) in [4.78, 5) is 102. The van der Waals surface area contributed by atoms with Gasteiger partial charge in [-0.05, 0) is 195 Å². The van der Waals surface area contributed by atoms with E-state index in [4.69, 9.17) is 41.7 Å². The Kier molecular flexibility index (Phi) is 30.7. The number of amides is 4. The van der Waals surface area contributed by atoms with Gasteiger partial charge in [0, 0.05) is 175 Å². The number of cyclic esters (lactones) is 3. The summed E-state index contributed by atoms with van der Waals surface area (Å²) in [6, 6.07) is 29.9. The van der Waals surface area contributed by atoms with Gasteiger partial charge < -0.3 is 48.4 Å². The van der Waals surface area contributed by atoms with Crippen molar-refractivity contribution in [1.29, 1.82) is 0 Å². The van der Waals surface area contributed by atoms with Crippen LogP contribution < -0.4 is 4.74 Å². The van der Waals surface area contributed by atoms with Crippen LogP contribution in [0.15, 0.2) is 109 Å². The Balaban J connectivity index is 0.000000143. The van der Waals surface area contributed by atoms with Gasteiger partial charge in [0.25, 0.3) is 0 Å². The molecular formula is C97H105ClF6N8O13. The average Bonchev–Trinajstić information content (AvgIpc) is 1.67. The molecular weight excluding hydrogens is 1630 g/mol. The van der Waals surface area contributed by atoms with E-state index in [1.54, 1.807) is 33.9 Å². The van der Waals surface area contributed by atoms with Crippen molar-refractivity contribution in [2.45, 2.75) is 119 Å². The van der Waals surface area contributed by atoms with Crippen molar-refractivity contribution in [2.24, 2.45) is 0 Å². The van der Waals surface area contributed by atoms with Gasteiger partial charge in [0.05, 0.1) is 61.7 Å². The lowest BCUT2D eigenvalue weighted by atomic mass is 9.96. The zero-order chi connectivity index (χ0) is 88.9. The Morgan fingerprint density at radius 1 is 0.432 bits per heavy atom. The molecule has 1 N–H and O–H groups in total. The highest BCUT2D eigenvalue weighted by molar-refractivity contribution is 6.31. The summed E-state index contributed by atoms with van der Waals surface area (Å²) in [5, 5.41) is 10.4. The number of carbonyl (C=O) groups is 7. The Morgan fingerprint density at radius 2 is 0.792 bits per heavy atom. The maximum atomic E-state index is 14.0. The number of ether oxygens (including phenoxy) is 5. The van der Waals surface area contributed by atoms with Gasteiger partial charge in [0.15, 0.2) is 6.29 Å². The Morgan fingerprint density at radius 3 is 1.19 bits per heavy atom. The van der Waals surface area contributed by atoms with Crippen molar-refractivity contribution in [1.82, 2.24) is 39.2 Å². The molecule has 0 aliphatic carbocycles. The number of fused-ring (bicyclic) bond motifs is 4. The average molecular weight is 1740 g/mol. The van der Waals surface area contributed by atoms with Gasteiger partial charge in [0.2, 0.25) is 23.6 Å². The lowest BCUT2D eigenvalue weighted by Crippen LogP contribution is -2.49. The molecule has 28 heteroatoms. The molecule has 8 heterocycles. The van der Waals surface area contributed by atoms with E-state index in [0.717, 1.165) is 197 Å². The molecule has 0 saturated carbocycles. The summed E-state index contributed by atoms with van der Waals surface area (Å²) in [5.41, 5.74) is 16.3. The number of aryl methyl sites for hydroxylation is 3. The minimum absolute atomic E-state index is 0.0474. The van der Waals surface area contributed by atoms with E-state index in [1.807, 2.05) is 66.4 Å². The van der Waals surface area contributed by atoms with Crippen molar-refractivity contribution in [3.05, 3.63) is 272 Å². The molecule has 8 aliphatic rings. The molecule has 4 saturated heterocycles. The van der Waals surface area contributed by atoms with Crippen LogP contribution >= 0.6 is 11.6 Å². The molecule has 0 aromatic heterocycles. The number of aliphatic hydroxyl groups is 1. The van der Waals surface area contributed by atoms with Crippen LogP contribution in [0.4, 0.5) is 26.3 Å². The van der Waals surface area contributed by atoms with Crippen molar-refractivity contribution >= 4 is 53.1 Å². The Bertz CT molecular complexity index is 5420. The summed E-state index contributed by atoms with van der Waals surface area (Å²) < 4.78 is 109. The second kappa shape index (κ2) is 41.9. The number of carbonyl (C=O) groups excluding carboxylic acids is 7. The number of halogens is 7. The van der Waals surface area contributed by atoms with Crippen molar-refractivity contribution < 1.29 is 88.7 Å². The highest BCUT2D eigenvalue weighted by Gasteiger charge is 2.32. The number of esters is 3. The summed E-state index contributed by atoms with van der Waals surface area (Å²) >= 11 is 6.34. The minimum Gasteiger partial charge on any atom is -0.495 e. The predicted octanol–water partition coefficient (Wildman–Crippen LogP) is 12.1. The van der Waals surface area contributed by atoms with Gasteiger partial charge in [-0.3, -0.25) is 38.8 Å². The van der Waals surface area contributed by atoms with Gasteiger partial charge in [-0.25, -0.2) is 40.7 Å². The molecule has 1 unspecified atom stereocenters. The van der Waals surface area contributed by atoms with Crippen LogP contribution in [0.25, 0.3) is 0 Å². The van der Waals surface area contributed by atoms with Crippen LogP contribution in [0.1, 0.15) is 143 Å². The van der Waals surface area contributed by atoms with Crippen LogP contribution in [0.2, 0.25) is 5.02 Å². The number of nitrogens with zero attached hydrogens (tertiary/aromatic N) is 8. The topological polar surface area (TPSA) is 212 Å². The first-order chi connectivity index (χ1) is 60.0. The predicted molar refractivity (Wildman–Crippen MR) is 458 cm³/mol. The van der Waals surface area contributed by atoms with Gasteiger partial charge in [-0.2, -0.15) is 0 Å². The van der Waals surface area contributed by atoms with E-state index >= 15 is 0 Å². The maximum Gasteiger partial charge on any atom is 0.338 e. The van der Waals surface area contributed by atoms with Gasteiger partial charge in [-0.1, -0.05) is 60.0 Å². The first kappa shape index (κ1) is 91.7. The number of hydrogen-bond acceptors (Lipinski definition) is 17. The lowest BCUT2D eigenvalue weighted by molar-refractivity contribution is -0.133. The van der Waals surface area contributed by atoms with E-state index in [0.29, 0.717) is 112 Å². The number of rotatable bonds is 21. The maximum absolute atomic E-state index is 14.0. The quantitative estimate of drug-likeness (QED) is 0.0307. The van der Waals surface area contributed by atoms with E-state index in [1.165, 1.54) is 37.5 Å². The van der Waals surface area contributed by atoms with Crippen molar-refractivity contribution in [3.8, 4) is 18.1 Å². The molecule has 8 aliphatic heterocycles. The fourth-order valence-electron chi connectivity index (χ4n) is 16.9. The largest absolute Gasteiger partial charge is 0.495 e. The molecule has 16 rings (SSSR count). The second-order valence-corrected chi connectivity index (χ2v) is 33.3. The first-order valence-electron chi connectivity index (χ1n) is 42.5. The highest BCUT2D eigenvalue weighted by atomic mass is 35.5. The van der Waals surface area contributed by atoms with Gasteiger partial charge in [-0.15, -0.1) is 6.42 Å². The molecule has 21 nitrogen and oxygen atoms in total. The molecule has 8 aromatic carbocycles. The number of benzene rings is 8. The summed E-state index contributed by atoms with van der Waals surface area (Å²) in [6.45, 7) is 24.6. The van der Waals surface area contributed by atoms with E-state index in [2.05, 4.69) is 38.5 Å². The van der Waals surface area contributed by atoms with Crippen LogP contribution in [-0.2, 0) is 116 Å². The van der Waals surface area contributed by atoms with Crippen molar-refractivity contribution in [2.75, 3.05) is 145 Å². The molecule has 1 atom stereocenters. The van der Waals surface area contributed by atoms with Crippen molar-refractivity contribution in [3.63, 3.8) is 0 Å². The molecule has 0 radical (unpaired) electrons. The standard InChI is InChI=1S/C26H27ClN2O4.C24H26F2N2O3.C24H28F2N2O3.C23H24F2N2O3/c1-4-18-13-23(27)20(14-24(18)32-3)15-25(30)29-11-9-28(10-12-29)8-7-19-5-6-21-22(17(19)2)16-33-26(21)31;1-15-11-22(26)18(12-21(15)25)13-23(29)28-9-7-27(8-10-28)6-5-17-3-4-19-20(16(17)2)14-31-24(19)30;1-16-12-22(26)19(14-21(16)25)15-23(29)28-9-7-27(8-10-28)6-4-17-2-3-20-18(13-17)5-11-31-24(20)30;1-15-10-21(25)17(12-20(15)24)13-22(28)27-8-6-26(7-9-27)5-4-16-2-3-19-18(11-16)14-30-23(19)29/h1,5-6,13-14H,7-12,15-16H2,2-3H3;3-4,11-12H,5-10,13-14H2,1-2H3;2-3,12-14,24,30H,4-11,15H2,1H3;2-3,10-12H,4-9,13-14H2,1H3. The van der Waals surface area contributed by atoms with Crippen LogP contribution in [-0.4, -0.2) is 230 Å². The normalized spacial score (nSPS) is 17.0. The molecule has 8 aromatic rings. The number of terminal acetylenes is 1. The monoisotopic (exact) mass is 1740 g/mol. The number of piperazine rings is 4. The minimum atomic E-state index is -0.826. The third kappa shape index (κ3) is 23.0. The zero-order valence-corrected chi connectivity index (χ0v) is 72.2. The molecule has 660 valence electrons. The molecule has 0 bridgehead atoms. The summed E-state index contributed by atoms with van der Waals surface area (Å²) in [5.74, 6) is -1.21. The zero-order valence-electron chi connectivity index (χ0n) is 71.5. The number of hydrogen-bond donors (Lipinski definition) is 1. The fraction of sp³-hybridized carbons (Fsp3) is 0.412. The molecule has 4 amide bonds. The van der Waals surface area contributed by atoms with Gasteiger partial charge in [0.1, 0.15) is 60.5 Å². The summed E-state index contributed by atoms with van der Waals surface area (Å²) in [6.07, 6.45) is 8.82. The van der Waals surface area contributed by atoms with Crippen LogP contribution in [0, 0.1) is 81.9 Å². The highest BCUT2D eigenvalue weighted by Crippen LogP contribution is 2.33. The van der Waals surface area contributed by atoms with Crippen LogP contribution in [0.3, 0.4) is 0 Å². The SMILES string of the molecule is C#Cc1cc(Cl)c(CC(=O)N2CCN(CCc3ccc4c(c3C)COC4=O)CC2)cc1OC.Cc1cc(F)c(CC(=O)N2CCN(CCc3ccc4c(c3)CCOC4O)CC2)cc1F.Cc1cc(F)c(CC(=O)N2CCN(CCc3ccc4c(c3)COC4=O)CC2)cc1F.Cc1cc(F)c(CC(=O)N2CCN(CCc3ccc4c(c3C)COC4=O)CC2)cc1F. The summed E-state index contributed by atoms with van der Waals surface area (Å²) in [7, 11) is 1.55. The Labute approximate surface area is 730 Å². The fourth-order valence-corrected chi connectivity index (χ4v) is 17.1. The third-order valence-corrected chi connectivity index (χ3v) is 25.4. The van der Waals surface area contributed by atoms with E-state index < -0.39 is 41.2 Å². The van der Waals surface area contributed by atoms with E-state index in [-0.39, 0.29) is 101 Å². The van der Waals surface area contributed by atoms with E-state index in [9.17, 15) is 65.0 Å². The molecule has 0 spiro atoms. The third-order valence-electron chi connectivity index (χ3n) is 25.0. The smallest absolute Gasteiger partial charge is 0.338 e. The second-order valence-electron chi connectivity index (χ2n) is 32.9.